The lowest BCUT2D eigenvalue weighted by Gasteiger charge is -2.35. The van der Waals surface area contributed by atoms with Crippen LogP contribution in [0.1, 0.15) is 22.5 Å². The summed E-state index contributed by atoms with van der Waals surface area (Å²) in [6.45, 7) is 5.02. The number of nitrogens with zero attached hydrogens (tertiary/aromatic N) is 5. The molecule has 3 aliphatic rings. The van der Waals surface area contributed by atoms with Gasteiger partial charge in [0.25, 0.3) is 5.91 Å². The Labute approximate surface area is 197 Å². The quantitative estimate of drug-likeness (QED) is 0.378. The molecule has 5 rings (SSSR count). The van der Waals surface area contributed by atoms with Crippen molar-refractivity contribution in [3.05, 3.63) is 63.9 Å². The van der Waals surface area contributed by atoms with Gasteiger partial charge in [-0.3, -0.25) is 19.7 Å². The maximum absolute atomic E-state index is 13.1. The third kappa shape index (κ3) is 4.28. The summed E-state index contributed by atoms with van der Waals surface area (Å²) in [5, 5.41) is 10.7. The van der Waals surface area contributed by atoms with E-state index in [0.29, 0.717) is 18.7 Å². The average molecular weight is 466 g/mol. The van der Waals surface area contributed by atoms with E-state index in [1.165, 1.54) is 24.3 Å². The zero-order valence-corrected chi connectivity index (χ0v) is 19.0. The maximum Gasteiger partial charge on any atom is 0.433 e. The van der Waals surface area contributed by atoms with Crippen molar-refractivity contribution in [3.8, 4) is 0 Å². The van der Waals surface area contributed by atoms with Gasteiger partial charge in [-0.15, -0.1) is 0 Å². The van der Waals surface area contributed by atoms with Crippen LogP contribution in [0.2, 0.25) is 0 Å². The summed E-state index contributed by atoms with van der Waals surface area (Å²) in [4.78, 5) is 44.2. The first-order valence-electron chi connectivity index (χ1n) is 11.5. The van der Waals surface area contributed by atoms with Crippen molar-refractivity contribution < 1.29 is 18.9 Å². The monoisotopic (exact) mass is 465 g/mol. The van der Waals surface area contributed by atoms with Crippen LogP contribution in [-0.2, 0) is 4.79 Å². The van der Waals surface area contributed by atoms with Gasteiger partial charge in [-0.2, -0.15) is 0 Å². The number of carbonyl (C=O) groups excluding carboxylic acids is 2. The third-order valence-corrected chi connectivity index (χ3v) is 6.95. The maximum atomic E-state index is 13.1. The summed E-state index contributed by atoms with van der Waals surface area (Å²) < 4.78 is 5.05. The van der Waals surface area contributed by atoms with E-state index in [-0.39, 0.29) is 35.5 Å². The van der Waals surface area contributed by atoms with Crippen molar-refractivity contribution in [2.24, 2.45) is 0 Å². The molecule has 0 unspecified atom stereocenters. The second-order valence-electron chi connectivity index (χ2n) is 9.10. The number of benzene rings is 1. The Balaban J connectivity index is 1.17. The molecule has 1 aromatic carbocycles. The van der Waals surface area contributed by atoms with Gasteiger partial charge < -0.3 is 24.0 Å². The number of likely N-dealkylation sites (tertiary alicyclic amines) is 2. The van der Waals surface area contributed by atoms with Crippen molar-refractivity contribution in [1.82, 2.24) is 14.7 Å². The number of likely N-dealkylation sites (N-methyl/N-ethyl adjacent to an activating group) is 1. The average Bonchev–Trinajstić information content (AvgIpc) is 3.59. The molecule has 0 aliphatic carbocycles. The predicted molar refractivity (Wildman–Crippen MR) is 125 cm³/mol. The fourth-order valence-electron chi connectivity index (χ4n) is 5.01. The molecule has 178 valence electrons. The van der Waals surface area contributed by atoms with Crippen molar-refractivity contribution in [2.75, 3.05) is 51.2 Å². The van der Waals surface area contributed by atoms with Gasteiger partial charge in [0.2, 0.25) is 5.91 Å². The van der Waals surface area contributed by atoms with Gasteiger partial charge >= 0.3 is 5.88 Å². The fourth-order valence-corrected chi connectivity index (χ4v) is 5.01. The van der Waals surface area contributed by atoms with E-state index in [0.717, 1.165) is 38.3 Å². The summed E-state index contributed by atoms with van der Waals surface area (Å²) in [5.74, 6) is -0.294. The predicted octanol–water partition coefficient (Wildman–Crippen LogP) is 2.08. The van der Waals surface area contributed by atoms with Gasteiger partial charge in [0.1, 0.15) is 10.7 Å². The van der Waals surface area contributed by atoms with E-state index in [2.05, 4.69) is 16.8 Å². The van der Waals surface area contributed by atoms with Crippen LogP contribution in [0.4, 0.5) is 11.6 Å². The van der Waals surface area contributed by atoms with Crippen LogP contribution in [0.5, 0.6) is 0 Å². The first-order chi connectivity index (χ1) is 16.4. The van der Waals surface area contributed by atoms with E-state index in [1.54, 1.807) is 4.90 Å². The number of hydrogen-bond acceptors (Lipinski definition) is 7. The highest BCUT2D eigenvalue weighted by Crippen LogP contribution is 2.32. The molecule has 2 bridgehead atoms. The SMILES string of the molecule is CN1CCN(c2ccc(C(=O)N3C[C@@H]4C[C@H]3CN4C(=O)/C=C/c3ccc([N+](=O)[O-])o3)cc2)CC1. The first kappa shape index (κ1) is 22.1. The number of furan rings is 1. The summed E-state index contributed by atoms with van der Waals surface area (Å²) in [6.07, 6.45) is 3.57. The van der Waals surface area contributed by atoms with Crippen molar-refractivity contribution in [3.63, 3.8) is 0 Å². The van der Waals surface area contributed by atoms with Crippen LogP contribution >= 0.6 is 0 Å². The number of fused-ring (bicyclic) bond motifs is 2. The zero-order chi connectivity index (χ0) is 23.8. The van der Waals surface area contributed by atoms with E-state index in [9.17, 15) is 19.7 Å². The lowest BCUT2D eigenvalue weighted by Crippen LogP contribution is -2.50. The third-order valence-electron chi connectivity index (χ3n) is 6.95. The number of piperazine rings is 2. The number of rotatable bonds is 5. The molecule has 0 N–H and O–H groups in total. The van der Waals surface area contributed by atoms with Crippen LogP contribution < -0.4 is 4.90 Å². The van der Waals surface area contributed by atoms with Gasteiger partial charge in [-0.05, 0) is 49.9 Å². The highest BCUT2D eigenvalue weighted by molar-refractivity contribution is 5.96. The van der Waals surface area contributed by atoms with E-state index in [1.807, 2.05) is 29.2 Å². The molecule has 3 fully saturated rings. The van der Waals surface area contributed by atoms with Crippen LogP contribution in [-0.4, -0.2) is 89.8 Å². The Morgan fingerprint density at radius 2 is 1.68 bits per heavy atom. The second-order valence-corrected chi connectivity index (χ2v) is 9.10. The van der Waals surface area contributed by atoms with Gasteiger partial charge in [0, 0.05) is 56.6 Å². The van der Waals surface area contributed by atoms with Crippen LogP contribution in [0.25, 0.3) is 6.08 Å². The number of hydrogen-bond donors (Lipinski definition) is 0. The second kappa shape index (κ2) is 8.94. The van der Waals surface area contributed by atoms with Crippen LogP contribution in [0.3, 0.4) is 0 Å². The Morgan fingerprint density at radius 3 is 2.29 bits per heavy atom. The number of amides is 2. The molecule has 0 spiro atoms. The van der Waals surface area contributed by atoms with Crippen molar-refractivity contribution in [1.29, 1.82) is 0 Å². The van der Waals surface area contributed by atoms with Crippen LogP contribution in [0, 0.1) is 10.1 Å². The molecule has 2 atom stereocenters. The first-order valence-corrected chi connectivity index (χ1v) is 11.5. The largest absolute Gasteiger partial charge is 0.433 e. The van der Waals surface area contributed by atoms with Crippen molar-refractivity contribution >= 4 is 29.5 Å². The number of anilines is 1. The van der Waals surface area contributed by atoms with Gasteiger partial charge in [-0.1, -0.05) is 0 Å². The molecular weight excluding hydrogens is 438 g/mol. The highest BCUT2D eigenvalue weighted by Gasteiger charge is 2.46. The smallest absolute Gasteiger partial charge is 0.401 e. The minimum atomic E-state index is -0.621. The van der Waals surface area contributed by atoms with E-state index >= 15 is 0 Å². The lowest BCUT2D eigenvalue weighted by molar-refractivity contribution is -0.402. The fraction of sp³-hybridized carbons (Fsp3) is 0.417. The molecule has 34 heavy (non-hydrogen) atoms. The molecular formula is C24H27N5O5. The molecule has 0 saturated carbocycles. The summed E-state index contributed by atoms with van der Waals surface area (Å²) in [6, 6.07) is 10.5. The molecule has 10 nitrogen and oxygen atoms in total. The Hall–Kier alpha value is -3.66. The molecule has 3 saturated heterocycles. The topological polar surface area (TPSA) is 103 Å². The van der Waals surface area contributed by atoms with Gasteiger partial charge in [-0.25, -0.2) is 0 Å². The molecule has 2 aromatic rings. The molecule has 2 amide bonds. The zero-order valence-electron chi connectivity index (χ0n) is 19.0. The highest BCUT2D eigenvalue weighted by atomic mass is 16.6. The Bertz CT molecular complexity index is 1120. The molecule has 3 aliphatic heterocycles. The Morgan fingerprint density at radius 1 is 1.00 bits per heavy atom. The summed E-state index contributed by atoms with van der Waals surface area (Å²) >= 11 is 0. The molecule has 1 aromatic heterocycles. The minimum Gasteiger partial charge on any atom is -0.401 e. The van der Waals surface area contributed by atoms with Gasteiger partial charge in [0.15, 0.2) is 0 Å². The lowest BCUT2D eigenvalue weighted by atomic mass is 10.1. The molecule has 4 heterocycles. The Kier molecular flexibility index (Phi) is 5.82. The standard InChI is InChI=1S/C24H27N5O5/c1-25-10-12-26(13-11-25)18-4-2-17(3-5-18)24(31)28-16-19-14-20(28)15-27(19)22(30)8-6-21-7-9-23(34-21)29(32)33/h2-9,19-20H,10-16H2,1H3/b8-6+/t19-,20-/m0/s1. The molecule has 10 heteroatoms. The summed E-state index contributed by atoms with van der Waals surface area (Å²) in [7, 11) is 2.13. The molecule has 0 radical (unpaired) electrons. The van der Waals surface area contributed by atoms with E-state index in [4.69, 9.17) is 4.42 Å². The van der Waals surface area contributed by atoms with E-state index < -0.39 is 4.92 Å². The van der Waals surface area contributed by atoms with Crippen molar-refractivity contribution in [2.45, 2.75) is 18.5 Å². The van der Waals surface area contributed by atoms with Crippen LogP contribution in [0.15, 0.2) is 46.9 Å². The number of nitro groups is 1. The number of carbonyl (C=O) groups is 2. The minimum absolute atomic E-state index is 0.00274. The normalized spacial score (nSPS) is 22.7. The van der Waals surface area contributed by atoms with Gasteiger partial charge in [0.05, 0.1) is 18.2 Å². The summed E-state index contributed by atoms with van der Waals surface area (Å²) in [5.41, 5.74) is 1.81.